The first-order valence-electron chi connectivity index (χ1n) is 5.32. The molecule has 0 unspecified atom stereocenters. The van der Waals surface area contributed by atoms with Crippen molar-refractivity contribution in [3.8, 4) is 17.2 Å². The van der Waals surface area contributed by atoms with Crippen LogP contribution in [0.25, 0.3) is 21.9 Å². The van der Waals surface area contributed by atoms with E-state index in [0.717, 1.165) is 6.07 Å². The summed E-state index contributed by atoms with van der Waals surface area (Å²) < 4.78 is 5.44. The van der Waals surface area contributed by atoms with E-state index in [9.17, 15) is 20.1 Å². The molecule has 0 atom stereocenters. The fraction of sp³-hybridized carbons (Fsp3) is 0. The highest BCUT2D eigenvalue weighted by atomic mass is 32.1. The van der Waals surface area contributed by atoms with E-state index in [0.29, 0.717) is 4.90 Å². The third-order valence-electron chi connectivity index (χ3n) is 2.85. The lowest BCUT2D eigenvalue weighted by atomic mass is 10.1. The lowest BCUT2D eigenvalue weighted by Gasteiger charge is -2.06. The van der Waals surface area contributed by atoms with Gasteiger partial charge in [0.15, 0.2) is 5.58 Å². The Balaban J connectivity index is 2.69. The smallest absolute Gasteiger partial charge is 0.208 e. The minimum absolute atomic E-state index is 0.0240. The first kappa shape index (κ1) is 11.7. The summed E-state index contributed by atoms with van der Waals surface area (Å²) in [5, 5.41) is 28.7. The summed E-state index contributed by atoms with van der Waals surface area (Å²) in [6.45, 7) is 0. The number of rotatable bonds is 0. The standard InChI is InChI=1S/C13H8O5S/c14-5-3-7(16)10-8(4-5)18-13-9(19)2-1-6(15)11(13)12(10)17/h1-4,14-16,19H. The molecule has 0 saturated heterocycles. The van der Waals surface area contributed by atoms with Crippen molar-refractivity contribution in [2.24, 2.45) is 0 Å². The topological polar surface area (TPSA) is 90.9 Å². The molecule has 3 aromatic rings. The zero-order valence-corrected chi connectivity index (χ0v) is 10.3. The Bertz CT molecular complexity index is 882. The van der Waals surface area contributed by atoms with E-state index < -0.39 is 11.2 Å². The maximum atomic E-state index is 12.3. The van der Waals surface area contributed by atoms with E-state index in [1.54, 1.807) is 0 Å². The highest BCUT2D eigenvalue weighted by Gasteiger charge is 2.16. The Kier molecular flexibility index (Phi) is 2.36. The molecule has 0 saturated carbocycles. The molecule has 0 spiro atoms. The molecular formula is C13H8O5S. The Morgan fingerprint density at radius 1 is 1.00 bits per heavy atom. The second-order valence-corrected chi connectivity index (χ2v) is 4.56. The van der Waals surface area contributed by atoms with Crippen molar-refractivity contribution in [3.63, 3.8) is 0 Å². The number of thiol groups is 1. The molecule has 0 radical (unpaired) electrons. The zero-order chi connectivity index (χ0) is 13.7. The van der Waals surface area contributed by atoms with Gasteiger partial charge in [-0.1, -0.05) is 0 Å². The number of phenols is 3. The molecule has 19 heavy (non-hydrogen) atoms. The lowest BCUT2D eigenvalue weighted by Crippen LogP contribution is -2.03. The van der Waals surface area contributed by atoms with Crippen LogP contribution < -0.4 is 5.43 Å². The third-order valence-corrected chi connectivity index (χ3v) is 3.20. The second kappa shape index (κ2) is 3.83. The summed E-state index contributed by atoms with van der Waals surface area (Å²) in [7, 11) is 0. The first-order chi connectivity index (χ1) is 8.99. The highest BCUT2D eigenvalue weighted by molar-refractivity contribution is 7.80. The van der Waals surface area contributed by atoms with E-state index >= 15 is 0 Å². The minimum atomic E-state index is -0.581. The molecule has 0 bridgehead atoms. The van der Waals surface area contributed by atoms with Crippen LogP contribution in [0.5, 0.6) is 17.2 Å². The predicted molar refractivity (Wildman–Crippen MR) is 72.2 cm³/mol. The number of hydrogen-bond acceptors (Lipinski definition) is 6. The molecule has 0 fully saturated rings. The van der Waals surface area contributed by atoms with Crippen LogP contribution in [0.15, 0.2) is 38.4 Å². The van der Waals surface area contributed by atoms with Gasteiger partial charge in [0, 0.05) is 17.0 Å². The molecule has 6 heteroatoms. The Morgan fingerprint density at radius 3 is 2.47 bits per heavy atom. The molecule has 0 amide bonds. The van der Waals surface area contributed by atoms with Gasteiger partial charge in [-0.25, -0.2) is 0 Å². The van der Waals surface area contributed by atoms with Gasteiger partial charge in [0.25, 0.3) is 0 Å². The van der Waals surface area contributed by atoms with Gasteiger partial charge in [0.2, 0.25) is 5.43 Å². The van der Waals surface area contributed by atoms with Crippen LogP contribution in [0.1, 0.15) is 0 Å². The molecule has 0 aliphatic heterocycles. The summed E-state index contributed by atoms with van der Waals surface area (Å²) in [6, 6.07) is 5.06. The fourth-order valence-corrected chi connectivity index (χ4v) is 2.25. The predicted octanol–water partition coefficient (Wildman–Crippen LogP) is 2.35. The van der Waals surface area contributed by atoms with Crippen molar-refractivity contribution in [1.29, 1.82) is 0 Å². The first-order valence-corrected chi connectivity index (χ1v) is 5.77. The Morgan fingerprint density at radius 2 is 1.74 bits per heavy atom. The molecule has 0 aliphatic carbocycles. The van der Waals surface area contributed by atoms with Crippen LogP contribution in [0.4, 0.5) is 0 Å². The van der Waals surface area contributed by atoms with E-state index in [-0.39, 0.29) is 33.4 Å². The molecule has 0 aliphatic rings. The second-order valence-electron chi connectivity index (χ2n) is 4.08. The van der Waals surface area contributed by atoms with Gasteiger partial charge in [-0.2, -0.15) is 0 Å². The third kappa shape index (κ3) is 1.61. The van der Waals surface area contributed by atoms with E-state index in [2.05, 4.69) is 12.6 Å². The van der Waals surface area contributed by atoms with Crippen molar-refractivity contribution >= 4 is 34.6 Å². The summed E-state index contributed by atoms with van der Waals surface area (Å²) >= 11 is 4.15. The average molecular weight is 276 g/mol. The normalized spacial score (nSPS) is 11.2. The maximum Gasteiger partial charge on any atom is 0.208 e. The summed E-state index contributed by atoms with van der Waals surface area (Å²) in [5.74, 6) is -0.890. The van der Waals surface area contributed by atoms with Gasteiger partial charge < -0.3 is 19.7 Å². The molecule has 1 heterocycles. The summed E-state index contributed by atoms with van der Waals surface area (Å²) in [5.41, 5.74) is -0.455. The molecule has 3 N–H and O–H groups in total. The molecule has 5 nitrogen and oxygen atoms in total. The Hall–Kier alpha value is -2.34. The molecule has 3 rings (SSSR count). The summed E-state index contributed by atoms with van der Waals surface area (Å²) in [4.78, 5) is 12.7. The largest absolute Gasteiger partial charge is 0.508 e. The number of phenolic OH excluding ortho intramolecular Hbond substituents is 3. The highest BCUT2D eigenvalue weighted by Crippen LogP contribution is 2.34. The monoisotopic (exact) mass is 276 g/mol. The van der Waals surface area contributed by atoms with Gasteiger partial charge in [-0.05, 0) is 12.1 Å². The van der Waals surface area contributed by atoms with Crippen LogP contribution in [-0.2, 0) is 0 Å². The van der Waals surface area contributed by atoms with Crippen molar-refractivity contribution in [2.45, 2.75) is 4.90 Å². The van der Waals surface area contributed by atoms with Crippen molar-refractivity contribution < 1.29 is 19.7 Å². The van der Waals surface area contributed by atoms with Gasteiger partial charge in [0.1, 0.15) is 33.6 Å². The zero-order valence-electron chi connectivity index (χ0n) is 9.41. The van der Waals surface area contributed by atoms with Gasteiger partial charge in [-0.3, -0.25) is 4.79 Å². The molecular weight excluding hydrogens is 268 g/mol. The lowest BCUT2D eigenvalue weighted by molar-refractivity contribution is 0.452. The number of hydrogen-bond donors (Lipinski definition) is 4. The minimum Gasteiger partial charge on any atom is -0.508 e. The van der Waals surface area contributed by atoms with Crippen molar-refractivity contribution in [1.82, 2.24) is 0 Å². The van der Waals surface area contributed by atoms with Crippen LogP contribution >= 0.6 is 12.6 Å². The number of benzene rings is 2. The fourth-order valence-electron chi connectivity index (χ4n) is 2.01. The molecule has 96 valence electrons. The van der Waals surface area contributed by atoms with E-state index in [1.165, 1.54) is 18.2 Å². The van der Waals surface area contributed by atoms with Gasteiger partial charge >= 0.3 is 0 Å². The van der Waals surface area contributed by atoms with Crippen LogP contribution in [0, 0.1) is 0 Å². The number of aromatic hydroxyl groups is 3. The van der Waals surface area contributed by atoms with E-state index in [1.807, 2.05) is 0 Å². The van der Waals surface area contributed by atoms with Crippen LogP contribution in [0.2, 0.25) is 0 Å². The quantitative estimate of drug-likeness (QED) is 0.374. The number of fused-ring (bicyclic) bond motifs is 2. The molecule has 2 aromatic carbocycles. The Labute approximate surface area is 111 Å². The van der Waals surface area contributed by atoms with E-state index in [4.69, 9.17) is 4.42 Å². The maximum absolute atomic E-state index is 12.3. The van der Waals surface area contributed by atoms with Gasteiger partial charge in [0.05, 0.1) is 0 Å². The summed E-state index contributed by atoms with van der Waals surface area (Å²) in [6.07, 6.45) is 0. The molecule has 1 aromatic heterocycles. The van der Waals surface area contributed by atoms with Gasteiger partial charge in [-0.15, -0.1) is 12.6 Å². The van der Waals surface area contributed by atoms with Crippen LogP contribution in [0.3, 0.4) is 0 Å². The van der Waals surface area contributed by atoms with Crippen molar-refractivity contribution in [3.05, 3.63) is 34.5 Å². The van der Waals surface area contributed by atoms with Crippen LogP contribution in [-0.4, -0.2) is 15.3 Å². The van der Waals surface area contributed by atoms with Crippen molar-refractivity contribution in [2.75, 3.05) is 0 Å². The SMILES string of the molecule is O=c1c2c(O)cc(O)cc2oc2c(S)ccc(O)c12. The average Bonchev–Trinajstić information content (AvgIpc) is 2.32.